The fraction of sp³-hybridized carbons (Fsp3) is 0.0625. The second-order valence-corrected chi connectivity index (χ2v) is 5.31. The summed E-state index contributed by atoms with van der Waals surface area (Å²) >= 11 is 3.47. The van der Waals surface area contributed by atoms with Crippen LogP contribution >= 0.6 is 15.9 Å². The molecule has 0 spiro atoms. The highest BCUT2D eigenvalue weighted by Crippen LogP contribution is 2.26. The van der Waals surface area contributed by atoms with E-state index in [4.69, 9.17) is 4.74 Å². The third-order valence-electron chi connectivity index (χ3n) is 3.18. The lowest BCUT2D eigenvalue weighted by Crippen LogP contribution is -2.00. The molecular weight excluding hydrogens is 304 g/mol. The van der Waals surface area contributed by atoms with Crippen LogP contribution in [0.2, 0.25) is 0 Å². The highest BCUT2D eigenvalue weighted by atomic mass is 79.9. The number of fused-ring (bicyclic) bond motifs is 2. The molecule has 0 unspecified atom stereocenters. The van der Waals surface area contributed by atoms with Crippen LogP contribution in [0.3, 0.4) is 0 Å². The van der Waals surface area contributed by atoms with Crippen molar-refractivity contribution in [2.24, 2.45) is 0 Å². The molecule has 19 heavy (non-hydrogen) atoms. The number of esters is 1. The maximum Gasteiger partial charge on any atom is 0.337 e. The Hall–Kier alpha value is -1.87. The van der Waals surface area contributed by atoms with Gasteiger partial charge in [-0.1, -0.05) is 28.1 Å². The standard InChI is InChI=1S/C16H11BrO2/c1-19-16(18)12-3-2-10-6-11-4-5-15(17)9-14(11)8-13(10)7-12/h2-9H,1H3. The van der Waals surface area contributed by atoms with Crippen molar-refractivity contribution in [3.8, 4) is 0 Å². The molecule has 0 aromatic heterocycles. The average Bonchev–Trinajstić information content (AvgIpc) is 2.43. The van der Waals surface area contributed by atoms with E-state index in [0.717, 1.165) is 20.6 Å². The Morgan fingerprint density at radius 1 is 0.895 bits per heavy atom. The summed E-state index contributed by atoms with van der Waals surface area (Å²) in [5.41, 5.74) is 0.573. The van der Waals surface area contributed by atoms with E-state index in [2.05, 4.69) is 40.2 Å². The van der Waals surface area contributed by atoms with Crippen LogP contribution in [0.1, 0.15) is 10.4 Å². The number of hydrogen-bond acceptors (Lipinski definition) is 2. The Morgan fingerprint density at radius 3 is 2.26 bits per heavy atom. The van der Waals surface area contributed by atoms with Gasteiger partial charge in [-0.2, -0.15) is 0 Å². The molecule has 0 atom stereocenters. The number of methoxy groups -OCH3 is 1. The summed E-state index contributed by atoms with van der Waals surface area (Å²) in [6.07, 6.45) is 0. The third-order valence-corrected chi connectivity index (χ3v) is 3.67. The van der Waals surface area contributed by atoms with Crippen LogP contribution in [-0.4, -0.2) is 13.1 Å². The zero-order chi connectivity index (χ0) is 13.4. The Morgan fingerprint density at radius 2 is 1.53 bits per heavy atom. The van der Waals surface area contributed by atoms with Crippen molar-refractivity contribution >= 4 is 43.4 Å². The first-order chi connectivity index (χ1) is 9.17. The van der Waals surface area contributed by atoms with Crippen LogP contribution < -0.4 is 0 Å². The zero-order valence-electron chi connectivity index (χ0n) is 10.3. The normalized spacial score (nSPS) is 10.8. The minimum absolute atomic E-state index is 0.309. The van der Waals surface area contributed by atoms with Crippen LogP contribution in [0.15, 0.2) is 53.0 Å². The number of rotatable bonds is 1. The van der Waals surface area contributed by atoms with Crippen molar-refractivity contribution < 1.29 is 9.53 Å². The van der Waals surface area contributed by atoms with Crippen molar-refractivity contribution in [1.82, 2.24) is 0 Å². The largest absolute Gasteiger partial charge is 0.465 e. The topological polar surface area (TPSA) is 26.3 Å². The van der Waals surface area contributed by atoms with Gasteiger partial charge in [0.2, 0.25) is 0 Å². The van der Waals surface area contributed by atoms with Crippen LogP contribution in [0.25, 0.3) is 21.5 Å². The number of carbonyl (C=O) groups excluding carboxylic acids is 1. The summed E-state index contributed by atoms with van der Waals surface area (Å²) in [6.45, 7) is 0. The molecule has 3 aromatic carbocycles. The number of hydrogen-bond donors (Lipinski definition) is 0. The highest BCUT2D eigenvalue weighted by Gasteiger charge is 2.06. The third kappa shape index (κ3) is 2.22. The van der Waals surface area contributed by atoms with Gasteiger partial charge in [0, 0.05) is 4.47 Å². The smallest absolute Gasteiger partial charge is 0.337 e. The summed E-state index contributed by atoms with van der Waals surface area (Å²) in [4.78, 5) is 11.5. The molecule has 0 aliphatic rings. The van der Waals surface area contributed by atoms with Crippen molar-refractivity contribution in [2.75, 3.05) is 7.11 Å². The predicted molar refractivity (Wildman–Crippen MR) is 80.5 cm³/mol. The molecule has 3 heteroatoms. The lowest BCUT2D eigenvalue weighted by molar-refractivity contribution is 0.0601. The molecule has 0 heterocycles. The molecule has 0 radical (unpaired) electrons. The first-order valence-electron chi connectivity index (χ1n) is 5.89. The first-order valence-corrected chi connectivity index (χ1v) is 6.68. The number of benzene rings is 3. The molecule has 0 N–H and O–H groups in total. The van der Waals surface area contributed by atoms with Gasteiger partial charge in [-0.3, -0.25) is 0 Å². The van der Waals surface area contributed by atoms with Crippen LogP contribution in [0.4, 0.5) is 0 Å². The summed E-state index contributed by atoms with van der Waals surface area (Å²) in [5, 5.41) is 4.47. The van der Waals surface area contributed by atoms with Crippen LogP contribution in [-0.2, 0) is 4.74 Å². The first kappa shape index (κ1) is 12.2. The van der Waals surface area contributed by atoms with Gasteiger partial charge in [0.1, 0.15) is 0 Å². The molecule has 94 valence electrons. The SMILES string of the molecule is COC(=O)c1ccc2cc3ccc(Br)cc3cc2c1. The van der Waals surface area contributed by atoms with Crippen LogP contribution in [0.5, 0.6) is 0 Å². The fourth-order valence-corrected chi connectivity index (χ4v) is 2.59. The van der Waals surface area contributed by atoms with E-state index in [1.165, 1.54) is 12.5 Å². The van der Waals surface area contributed by atoms with E-state index in [1.54, 1.807) is 6.07 Å². The molecule has 3 rings (SSSR count). The molecule has 3 aromatic rings. The maximum atomic E-state index is 11.5. The molecule has 0 saturated carbocycles. The molecule has 0 saturated heterocycles. The van der Waals surface area contributed by atoms with E-state index in [9.17, 15) is 4.79 Å². The van der Waals surface area contributed by atoms with Gasteiger partial charge in [0.05, 0.1) is 12.7 Å². The van der Waals surface area contributed by atoms with Crippen molar-refractivity contribution in [1.29, 1.82) is 0 Å². The van der Waals surface area contributed by atoms with Crippen molar-refractivity contribution in [3.63, 3.8) is 0 Å². The Balaban J connectivity index is 2.27. The predicted octanol–water partition coefficient (Wildman–Crippen LogP) is 4.54. The average molecular weight is 315 g/mol. The Bertz CT molecular complexity index is 793. The van der Waals surface area contributed by atoms with E-state index in [-0.39, 0.29) is 5.97 Å². The molecule has 0 aliphatic carbocycles. The van der Waals surface area contributed by atoms with Gasteiger partial charge in [0.15, 0.2) is 0 Å². The molecule has 0 bridgehead atoms. The van der Waals surface area contributed by atoms with Gasteiger partial charge >= 0.3 is 5.97 Å². The molecule has 0 fully saturated rings. The van der Waals surface area contributed by atoms with Gasteiger partial charge in [-0.25, -0.2) is 4.79 Å². The monoisotopic (exact) mass is 314 g/mol. The van der Waals surface area contributed by atoms with Crippen molar-refractivity contribution in [2.45, 2.75) is 0 Å². The fourth-order valence-electron chi connectivity index (χ4n) is 2.21. The molecule has 0 amide bonds. The van der Waals surface area contributed by atoms with Gasteiger partial charge in [-0.15, -0.1) is 0 Å². The van der Waals surface area contributed by atoms with E-state index >= 15 is 0 Å². The zero-order valence-corrected chi connectivity index (χ0v) is 11.9. The second kappa shape index (κ2) is 4.67. The molecule has 2 nitrogen and oxygen atoms in total. The molecule has 0 aliphatic heterocycles. The lowest BCUT2D eigenvalue weighted by atomic mass is 10.0. The summed E-state index contributed by atoms with van der Waals surface area (Å²) in [7, 11) is 1.39. The quantitative estimate of drug-likeness (QED) is 0.487. The summed E-state index contributed by atoms with van der Waals surface area (Å²) < 4.78 is 5.79. The highest BCUT2D eigenvalue weighted by molar-refractivity contribution is 9.10. The Kier molecular flexibility index (Phi) is 2.99. The van der Waals surface area contributed by atoms with E-state index < -0.39 is 0 Å². The minimum atomic E-state index is -0.309. The number of ether oxygens (including phenoxy) is 1. The lowest BCUT2D eigenvalue weighted by Gasteiger charge is -2.05. The number of carbonyl (C=O) groups is 1. The van der Waals surface area contributed by atoms with Gasteiger partial charge in [-0.05, 0) is 57.9 Å². The van der Waals surface area contributed by atoms with E-state index in [1.807, 2.05) is 18.2 Å². The van der Waals surface area contributed by atoms with Crippen LogP contribution in [0, 0.1) is 0 Å². The maximum absolute atomic E-state index is 11.5. The molecular formula is C16H11BrO2. The number of halogens is 1. The summed E-state index contributed by atoms with van der Waals surface area (Å²) in [6, 6.07) is 16.0. The second-order valence-electron chi connectivity index (χ2n) is 4.40. The van der Waals surface area contributed by atoms with Gasteiger partial charge < -0.3 is 4.74 Å². The van der Waals surface area contributed by atoms with Crippen molar-refractivity contribution in [3.05, 3.63) is 58.6 Å². The van der Waals surface area contributed by atoms with Gasteiger partial charge in [0.25, 0.3) is 0 Å². The van der Waals surface area contributed by atoms with E-state index in [0.29, 0.717) is 5.56 Å². The Labute approximate surface area is 119 Å². The minimum Gasteiger partial charge on any atom is -0.465 e. The summed E-state index contributed by atoms with van der Waals surface area (Å²) in [5.74, 6) is -0.309.